The monoisotopic (exact) mass is 241 g/mol. The van der Waals surface area contributed by atoms with Gasteiger partial charge in [-0.25, -0.2) is 0 Å². The fourth-order valence-corrected chi connectivity index (χ4v) is 2.04. The van der Waals surface area contributed by atoms with Crippen molar-refractivity contribution in [3.8, 4) is 0 Å². The zero-order chi connectivity index (χ0) is 12.0. The minimum Gasteiger partial charge on any atom is -0.467 e. The van der Waals surface area contributed by atoms with Crippen molar-refractivity contribution in [1.82, 2.24) is 5.32 Å². The number of carbonyl (C=O) groups is 1. The van der Waals surface area contributed by atoms with Gasteiger partial charge in [-0.05, 0) is 12.1 Å². The van der Waals surface area contributed by atoms with Gasteiger partial charge in [0.15, 0.2) is 0 Å². The van der Waals surface area contributed by atoms with Crippen LogP contribution >= 0.6 is 11.8 Å². The van der Waals surface area contributed by atoms with Gasteiger partial charge in [0.25, 0.3) is 0 Å². The van der Waals surface area contributed by atoms with Crippen LogP contribution in [0.15, 0.2) is 22.8 Å². The second-order valence-corrected chi connectivity index (χ2v) is 6.49. The van der Waals surface area contributed by atoms with Gasteiger partial charge in [-0.1, -0.05) is 20.8 Å². The molecule has 1 aromatic heterocycles. The molecule has 0 atom stereocenters. The molecule has 1 aromatic rings. The summed E-state index contributed by atoms with van der Waals surface area (Å²) in [5, 5.41) is 2.83. The highest BCUT2D eigenvalue weighted by Gasteiger charge is 2.11. The van der Waals surface area contributed by atoms with Gasteiger partial charge in [-0.2, -0.15) is 11.8 Å². The first-order chi connectivity index (χ1) is 7.47. The van der Waals surface area contributed by atoms with E-state index in [1.165, 1.54) is 0 Å². The molecule has 0 aromatic carbocycles. The van der Waals surface area contributed by atoms with Crippen LogP contribution in [0.5, 0.6) is 0 Å². The highest BCUT2D eigenvalue weighted by Crippen LogP contribution is 2.23. The van der Waals surface area contributed by atoms with Crippen LogP contribution in [-0.2, 0) is 11.3 Å². The molecule has 1 rings (SSSR count). The Balaban J connectivity index is 2.12. The Morgan fingerprint density at radius 1 is 1.50 bits per heavy atom. The summed E-state index contributed by atoms with van der Waals surface area (Å²) in [7, 11) is 0. The minimum absolute atomic E-state index is 0.0770. The average Bonchev–Trinajstić information content (AvgIpc) is 2.65. The van der Waals surface area contributed by atoms with Gasteiger partial charge >= 0.3 is 0 Å². The number of amides is 1. The lowest BCUT2D eigenvalue weighted by atomic mass is 10.3. The van der Waals surface area contributed by atoms with Gasteiger partial charge < -0.3 is 9.73 Å². The number of rotatable bonds is 5. The lowest BCUT2D eigenvalue weighted by Crippen LogP contribution is -2.23. The summed E-state index contributed by atoms with van der Waals surface area (Å²) in [6.45, 7) is 6.93. The van der Waals surface area contributed by atoms with E-state index in [1.807, 2.05) is 12.1 Å². The molecule has 16 heavy (non-hydrogen) atoms. The zero-order valence-electron chi connectivity index (χ0n) is 10.1. The molecule has 0 bridgehead atoms. The molecular formula is C12H19NO2S. The maximum Gasteiger partial charge on any atom is 0.221 e. The van der Waals surface area contributed by atoms with E-state index in [0.29, 0.717) is 13.0 Å². The van der Waals surface area contributed by atoms with Crippen molar-refractivity contribution < 1.29 is 9.21 Å². The molecule has 4 heteroatoms. The van der Waals surface area contributed by atoms with Gasteiger partial charge in [-0.15, -0.1) is 0 Å². The molecular weight excluding hydrogens is 222 g/mol. The Bertz CT molecular complexity index is 314. The van der Waals surface area contributed by atoms with Crippen LogP contribution in [0, 0.1) is 0 Å². The molecule has 0 saturated carbocycles. The molecule has 0 unspecified atom stereocenters. The van der Waals surface area contributed by atoms with E-state index in [9.17, 15) is 4.79 Å². The fourth-order valence-electron chi connectivity index (χ4n) is 1.14. The molecule has 0 saturated heterocycles. The van der Waals surface area contributed by atoms with Gasteiger partial charge in [0.05, 0.1) is 12.8 Å². The van der Waals surface area contributed by atoms with E-state index in [1.54, 1.807) is 18.0 Å². The fraction of sp³-hybridized carbons (Fsp3) is 0.583. The van der Waals surface area contributed by atoms with Crippen LogP contribution < -0.4 is 5.32 Å². The minimum atomic E-state index is 0.0770. The number of furan rings is 1. The lowest BCUT2D eigenvalue weighted by molar-refractivity contribution is -0.120. The Morgan fingerprint density at radius 2 is 2.25 bits per heavy atom. The smallest absolute Gasteiger partial charge is 0.221 e. The van der Waals surface area contributed by atoms with Crippen molar-refractivity contribution in [3.63, 3.8) is 0 Å². The maximum atomic E-state index is 11.5. The van der Waals surface area contributed by atoms with E-state index in [4.69, 9.17) is 4.42 Å². The van der Waals surface area contributed by atoms with Crippen molar-refractivity contribution in [2.75, 3.05) is 5.75 Å². The molecule has 0 aliphatic heterocycles. The number of thioether (sulfide) groups is 1. The van der Waals surface area contributed by atoms with E-state index < -0.39 is 0 Å². The van der Waals surface area contributed by atoms with Gasteiger partial charge in [0.1, 0.15) is 5.76 Å². The summed E-state index contributed by atoms with van der Waals surface area (Å²) in [5.41, 5.74) is 0. The van der Waals surface area contributed by atoms with Crippen LogP contribution in [0.1, 0.15) is 33.0 Å². The Kier molecular flexibility index (Phi) is 4.93. The molecule has 0 spiro atoms. The normalized spacial score (nSPS) is 11.4. The van der Waals surface area contributed by atoms with E-state index in [2.05, 4.69) is 26.1 Å². The van der Waals surface area contributed by atoms with Crippen LogP contribution in [0.4, 0.5) is 0 Å². The average molecular weight is 241 g/mol. The van der Waals surface area contributed by atoms with Crippen LogP contribution in [0.25, 0.3) is 0 Å². The second-order valence-electron chi connectivity index (χ2n) is 4.57. The third-order valence-corrected chi connectivity index (χ3v) is 3.18. The Hall–Kier alpha value is -0.900. The summed E-state index contributed by atoms with van der Waals surface area (Å²) >= 11 is 1.80. The molecule has 1 heterocycles. The molecule has 90 valence electrons. The van der Waals surface area contributed by atoms with Gasteiger partial charge in [-0.3, -0.25) is 4.79 Å². The summed E-state index contributed by atoms with van der Waals surface area (Å²) in [5.74, 6) is 1.72. The predicted octanol–water partition coefficient (Wildman–Crippen LogP) is 2.82. The maximum absolute atomic E-state index is 11.5. The van der Waals surface area contributed by atoms with Crippen LogP contribution in [0.2, 0.25) is 0 Å². The van der Waals surface area contributed by atoms with Crippen LogP contribution in [0.3, 0.4) is 0 Å². The van der Waals surface area contributed by atoms with Gasteiger partial charge in [0, 0.05) is 16.9 Å². The summed E-state index contributed by atoms with van der Waals surface area (Å²) in [6.07, 6.45) is 2.17. The number of nitrogens with one attached hydrogen (secondary N) is 1. The largest absolute Gasteiger partial charge is 0.467 e. The van der Waals surface area contributed by atoms with Crippen molar-refractivity contribution in [2.24, 2.45) is 0 Å². The van der Waals surface area contributed by atoms with Crippen molar-refractivity contribution in [2.45, 2.75) is 38.5 Å². The number of hydrogen-bond donors (Lipinski definition) is 1. The van der Waals surface area contributed by atoms with Crippen molar-refractivity contribution in [3.05, 3.63) is 24.2 Å². The summed E-state index contributed by atoms with van der Waals surface area (Å²) in [4.78, 5) is 11.5. The Labute approximate surface area is 101 Å². The Morgan fingerprint density at radius 3 is 2.81 bits per heavy atom. The second kappa shape index (κ2) is 5.99. The van der Waals surface area contributed by atoms with E-state index in [0.717, 1.165) is 11.5 Å². The molecule has 0 aliphatic rings. The molecule has 1 N–H and O–H groups in total. The topological polar surface area (TPSA) is 42.2 Å². The summed E-state index contributed by atoms with van der Waals surface area (Å²) < 4.78 is 5.35. The molecule has 0 fully saturated rings. The molecule has 1 amide bonds. The third kappa shape index (κ3) is 5.85. The first-order valence-corrected chi connectivity index (χ1v) is 6.39. The van der Waals surface area contributed by atoms with Gasteiger partial charge in [0.2, 0.25) is 5.91 Å². The van der Waals surface area contributed by atoms with E-state index >= 15 is 0 Å². The van der Waals surface area contributed by atoms with Crippen molar-refractivity contribution >= 4 is 17.7 Å². The highest BCUT2D eigenvalue weighted by atomic mass is 32.2. The predicted molar refractivity (Wildman–Crippen MR) is 67.4 cm³/mol. The molecule has 0 radical (unpaired) electrons. The highest BCUT2D eigenvalue weighted by molar-refractivity contribution is 8.00. The lowest BCUT2D eigenvalue weighted by Gasteiger charge is -2.16. The first kappa shape index (κ1) is 13.2. The van der Waals surface area contributed by atoms with Crippen LogP contribution in [-0.4, -0.2) is 16.4 Å². The third-order valence-electron chi connectivity index (χ3n) is 1.90. The first-order valence-electron chi connectivity index (χ1n) is 5.40. The summed E-state index contributed by atoms with van der Waals surface area (Å²) in [6, 6.07) is 3.67. The molecule has 3 nitrogen and oxygen atoms in total. The zero-order valence-corrected chi connectivity index (χ0v) is 10.9. The number of hydrogen-bond acceptors (Lipinski definition) is 3. The van der Waals surface area contributed by atoms with Crippen molar-refractivity contribution in [1.29, 1.82) is 0 Å². The standard InChI is InChI=1S/C12H19NO2S/c1-12(2,3)16-8-6-11(14)13-9-10-5-4-7-15-10/h4-5,7H,6,8-9H2,1-3H3,(H,13,14). The SMILES string of the molecule is CC(C)(C)SCCC(=O)NCc1ccco1. The molecule has 0 aliphatic carbocycles. The number of carbonyl (C=O) groups excluding carboxylic acids is 1. The quantitative estimate of drug-likeness (QED) is 0.862. The van der Waals surface area contributed by atoms with E-state index in [-0.39, 0.29) is 10.7 Å².